The first kappa shape index (κ1) is 15.3. The van der Waals surface area contributed by atoms with Crippen molar-refractivity contribution >= 4 is 10.0 Å². The highest BCUT2D eigenvalue weighted by atomic mass is 32.2. The molecule has 1 aromatic rings. The van der Waals surface area contributed by atoms with Gasteiger partial charge in [-0.3, -0.25) is 0 Å². The molecule has 1 aliphatic rings. The second kappa shape index (κ2) is 5.74. The molecule has 1 atom stereocenters. The Balaban J connectivity index is 2.40. The number of nitrogens with zero attached hydrogens (tertiary/aromatic N) is 1. The second-order valence-corrected chi connectivity index (χ2v) is 7.56. The maximum absolute atomic E-state index is 12.9. The van der Waals surface area contributed by atoms with Crippen LogP contribution in [0, 0.1) is 12.8 Å². The SMILES string of the molecule is COc1ccc(S(=O)(=O)N2CCCC2C(C)C)c(C)c1. The molecule has 0 spiro atoms. The van der Waals surface area contributed by atoms with Gasteiger partial charge >= 0.3 is 0 Å². The van der Waals surface area contributed by atoms with E-state index in [4.69, 9.17) is 4.74 Å². The standard InChI is InChI=1S/C15H23NO3S/c1-11(2)14-6-5-9-16(14)20(17,18)15-8-7-13(19-4)10-12(15)3/h7-8,10-11,14H,5-6,9H2,1-4H3. The van der Waals surface area contributed by atoms with Gasteiger partial charge in [-0.2, -0.15) is 4.31 Å². The summed E-state index contributed by atoms with van der Waals surface area (Å²) in [6.45, 7) is 6.60. The van der Waals surface area contributed by atoms with Crippen molar-refractivity contribution in [3.05, 3.63) is 23.8 Å². The number of methoxy groups -OCH3 is 1. The van der Waals surface area contributed by atoms with Crippen LogP contribution >= 0.6 is 0 Å². The predicted molar refractivity (Wildman–Crippen MR) is 79.5 cm³/mol. The maximum Gasteiger partial charge on any atom is 0.243 e. The molecule has 1 heterocycles. The quantitative estimate of drug-likeness (QED) is 0.858. The Hall–Kier alpha value is -1.07. The molecule has 5 heteroatoms. The van der Waals surface area contributed by atoms with Gasteiger partial charge in [0.2, 0.25) is 10.0 Å². The molecular weight excluding hydrogens is 274 g/mol. The number of hydrogen-bond donors (Lipinski definition) is 0. The molecule has 1 aliphatic heterocycles. The summed E-state index contributed by atoms with van der Waals surface area (Å²) in [6, 6.07) is 5.24. The Bertz CT molecular complexity index is 581. The maximum atomic E-state index is 12.9. The summed E-state index contributed by atoms with van der Waals surface area (Å²) in [7, 11) is -1.83. The van der Waals surface area contributed by atoms with Gasteiger partial charge in [0.25, 0.3) is 0 Å². The largest absolute Gasteiger partial charge is 0.497 e. The predicted octanol–water partition coefficient (Wildman–Crippen LogP) is 2.81. The van der Waals surface area contributed by atoms with Crippen LogP contribution in [0.3, 0.4) is 0 Å². The average Bonchev–Trinajstić information content (AvgIpc) is 2.88. The summed E-state index contributed by atoms with van der Waals surface area (Å²) in [4.78, 5) is 0.394. The highest BCUT2D eigenvalue weighted by Crippen LogP contribution is 2.32. The first-order valence-electron chi connectivity index (χ1n) is 7.04. The first-order valence-corrected chi connectivity index (χ1v) is 8.48. The molecule has 0 saturated carbocycles. The van der Waals surface area contributed by atoms with Crippen LogP contribution in [0.4, 0.5) is 0 Å². The monoisotopic (exact) mass is 297 g/mol. The number of ether oxygens (including phenoxy) is 1. The Morgan fingerprint density at radius 1 is 1.35 bits per heavy atom. The molecule has 1 aromatic carbocycles. The lowest BCUT2D eigenvalue weighted by Crippen LogP contribution is -2.38. The van der Waals surface area contributed by atoms with Gasteiger partial charge in [-0.05, 0) is 49.4 Å². The zero-order valence-corrected chi connectivity index (χ0v) is 13.4. The third-order valence-electron chi connectivity index (χ3n) is 3.99. The third-order valence-corrected chi connectivity index (χ3v) is 6.07. The molecule has 0 radical (unpaired) electrons. The molecule has 0 amide bonds. The van der Waals surface area contributed by atoms with Crippen molar-refractivity contribution in [2.45, 2.75) is 44.6 Å². The molecule has 20 heavy (non-hydrogen) atoms. The molecule has 0 bridgehead atoms. The highest BCUT2D eigenvalue weighted by molar-refractivity contribution is 7.89. The Kier molecular flexibility index (Phi) is 4.39. The van der Waals surface area contributed by atoms with Gasteiger partial charge in [0.1, 0.15) is 5.75 Å². The molecule has 4 nitrogen and oxygen atoms in total. The van der Waals surface area contributed by atoms with E-state index in [1.54, 1.807) is 29.6 Å². The van der Waals surface area contributed by atoms with Crippen LogP contribution in [0.5, 0.6) is 5.75 Å². The zero-order valence-electron chi connectivity index (χ0n) is 12.6. The van der Waals surface area contributed by atoms with Crippen molar-refractivity contribution in [3.8, 4) is 5.75 Å². The first-order chi connectivity index (χ1) is 9.37. The van der Waals surface area contributed by atoms with Crippen molar-refractivity contribution < 1.29 is 13.2 Å². The van der Waals surface area contributed by atoms with E-state index in [9.17, 15) is 8.42 Å². The van der Waals surface area contributed by atoms with E-state index in [-0.39, 0.29) is 6.04 Å². The summed E-state index contributed by atoms with van der Waals surface area (Å²) in [5, 5.41) is 0. The molecule has 1 fully saturated rings. The van der Waals surface area contributed by atoms with E-state index in [2.05, 4.69) is 13.8 Å². The molecule has 112 valence electrons. The second-order valence-electron chi connectivity index (χ2n) is 5.70. The highest BCUT2D eigenvalue weighted by Gasteiger charge is 2.37. The van der Waals surface area contributed by atoms with Gasteiger partial charge in [-0.25, -0.2) is 8.42 Å². The topological polar surface area (TPSA) is 46.6 Å². The Labute approximate surface area is 121 Å². The van der Waals surface area contributed by atoms with E-state index in [1.165, 1.54) is 0 Å². The minimum atomic E-state index is -3.41. The lowest BCUT2D eigenvalue weighted by atomic mass is 10.0. The van der Waals surface area contributed by atoms with Gasteiger partial charge in [0.05, 0.1) is 12.0 Å². The molecule has 0 N–H and O–H groups in total. The van der Waals surface area contributed by atoms with Gasteiger partial charge in [-0.1, -0.05) is 13.8 Å². The molecule has 0 aliphatic carbocycles. The Morgan fingerprint density at radius 2 is 2.05 bits per heavy atom. The molecule has 0 aromatic heterocycles. The minimum absolute atomic E-state index is 0.113. The fourth-order valence-corrected chi connectivity index (χ4v) is 4.93. The normalized spacial score (nSPS) is 20.6. The van der Waals surface area contributed by atoms with E-state index in [0.717, 1.165) is 18.4 Å². The summed E-state index contributed by atoms with van der Waals surface area (Å²) < 4.78 is 32.5. The van der Waals surface area contributed by atoms with Crippen molar-refractivity contribution in [2.75, 3.05) is 13.7 Å². The molecule has 1 unspecified atom stereocenters. The van der Waals surface area contributed by atoms with Gasteiger partial charge in [-0.15, -0.1) is 0 Å². The van der Waals surface area contributed by atoms with Crippen molar-refractivity contribution in [2.24, 2.45) is 5.92 Å². The van der Waals surface area contributed by atoms with E-state index in [0.29, 0.717) is 23.1 Å². The van der Waals surface area contributed by atoms with Gasteiger partial charge < -0.3 is 4.74 Å². The molecule has 1 saturated heterocycles. The summed E-state index contributed by atoms with van der Waals surface area (Å²) in [5.41, 5.74) is 0.735. The van der Waals surface area contributed by atoms with Crippen LogP contribution in [0.2, 0.25) is 0 Å². The van der Waals surface area contributed by atoms with Crippen LogP contribution in [0.15, 0.2) is 23.1 Å². The number of hydrogen-bond acceptors (Lipinski definition) is 3. The lowest BCUT2D eigenvalue weighted by Gasteiger charge is -2.27. The number of aryl methyl sites for hydroxylation is 1. The third kappa shape index (κ3) is 2.69. The van der Waals surface area contributed by atoms with E-state index >= 15 is 0 Å². The molecular formula is C15H23NO3S. The summed E-state index contributed by atoms with van der Waals surface area (Å²) >= 11 is 0. The van der Waals surface area contributed by atoms with Crippen LogP contribution in [-0.2, 0) is 10.0 Å². The fraction of sp³-hybridized carbons (Fsp3) is 0.600. The van der Waals surface area contributed by atoms with Crippen LogP contribution in [0.25, 0.3) is 0 Å². The minimum Gasteiger partial charge on any atom is -0.497 e. The van der Waals surface area contributed by atoms with Crippen molar-refractivity contribution in [1.82, 2.24) is 4.31 Å². The lowest BCUT2D eigenvalue weighted by molar-refractivity contribution is 0.315. The average molecular weight is 297 g/mol. The smallest absolute Gasteiger partial charge is 0.243 e. The molecule has 2 rings (SSSR count). The van der Waals surface area contributed by atoms with Gasteiger partial charge in [0, 0.05) is 12.6 Å². The van der Waals surface area contributed by atoms with Crippen molar-refractivity contribution in [3.63, 3.8) is 0 Å². The zero-order chi connectivity index (χ0) is 14.9. The number of sulfonamides is 1. The summed E-state index contributed by atoms with van der Waals surface area (Å²) in [6.07, 6.45) is 1.89. The van der Waals surface area contributed by atoms with Crippen LogP contribution in [-0.4, -0.2) is 32.4 Å². The summed E-state index contributed by atoms with van der Waals surface area (Å²) in [5.74, 6) is 1.02. The number of benzene rings is 1. The van der Waals surface area contributed by atoms with E-state index < -0.39 is 10.0 Å². The van der Waals surface area contributed by atoms with Crippen molar-refractivity contribution in [1.29, 1.82) is 0 Å². The van der Waals surface area contributed by atoms with Crippen LogP contribution in [0.1, 0.15) is 32.3 Å². The number of rotatable bonds is 4. The van der Waals surface area contributed by atoms with E-state index in [1.807, 2.05) is 6.92 Å². The fourth-order valence-electron chi connectivity index (χ4n) is 2.89. The Morgan fingerprint density at radius 3 is 2.60 bits per heavy atom. The van der Waals surface area contributed by atoms with Gasteiger partial charge in [0.15, 0.2) is 0 Å². The van der Waals surface area contributed by atoms with Crippen LogP contribution < -0.4 is 4.74 Å².